The van der Waals surface area contributed by atoms with Gasteiger partial charge in [0.15, 0.2) is 5.82 Å². The minimum atomic E-state index is 0.0538. The van der Waals surface area contributed by atoms with Gasteiger partial charge in [-0.2, -0.15) is 5.10 Å². The molecule has 25 heavy (non-hydrogen) atoms. The third-order valence-corrected chi connectivity index (χ3v) is 4.50. The number of carbonyl (C=O) groups excluding carboxylic acids is 1. The van der Waals surface area contributed by atoms with E-state index in [4.69, 9.17) is 4.42 Å². The largest absolute Gasteiger partial charge is 0.464 e. The lowest BCUT2D eigenvalue weighted by molar-refractivity contribution is -0.129. The number of nitrogens with one attached hydrogen (secondary N) is 1. The van der Waals surface area contributed by atoms with E-state index in [2.05, 4.69) is 20.4 Å². The van der Waals surface area contributed by atoms with Crippen LogP contribution in [0.4, 0.5) is 5.82 Å². The summed E-state index contributed by atoms with van der Waals surface area (Å²) in [6.45, 7) is 4.45. The number of aromatic nitrogens is 2. The first kappa shape index (κ1) is 17.4. The predicted octanol–water partition coefficient (Wildman–Crippen LogP) is 1.60. The van der Waals surface area contributed by atoms with Gasteiger partial charge in [0.1, 0.15) is 11.5 Å². The molecule has 3 rings (SSSR count). The Morgan fingerprint density at radius 3 is 3.04 bits per heavy atom. The Morgan fingerprint density at radius 1 is 1.44 bits per heavy atom. The van der Waals surface area contributed by atoms with Crippen molar-refractivity contribution in [1.29, 1.82) is 0 Å². The molecule has 1 aliphatic rings. The van der Waals surface area contributed by atoms with E-state index in [9.17, 15) is 4.79 Å². The number of hydrogen-bond donors (Lipinski definition) is 1. The molecule has 1 fully saturated rings. The SMILES string of the molecule is Cc1ccc(CN(C)C(=O)CNCC2CCCN2c2cccnn2)o1. The number of hydrogen-bond acceptors (Lipinski definition) is 6. The first-order valence-corrected chi connectivity index (χ1v) is 8.68. The van der Waals surface area contributed by atoms with Crippen molar-refractivity contribution in [1.82, 2.24) is 20.4 Å². The molecular weight excluding hydrogens is 318 g/mol. The lowest BCUT2D eigenvalue weighted by Crippen LogP contribution is -2.42. The normalized spacial score (nSPS) is 17.0. The minimum absolute atomic E-state index is 0.0538. The Labute approximate surface area is 148 Å². The van der Waals surface area contributed by atoms with Gasteiger partial charge in [-0.25, -0.2) is 0 Å². The van der Waals surface area contributed by atoms with Crippen LogP contribution in [0, 0.1) is 6.92 Å². The Hall–Kier alpha value is -2.41. The van der Waals surface area contributed by atoms with Crippen LogP contribution in [0.15, 0.2) is 34.9 Å². The molecule has 1 unspecified atom stereocenters. The number of nitrogens with zero attached hydrogens (tertiary/aromatic N) is 4. The quantitative estimate of drug-likeness (QED) is 0.823. The smallest absolute Gasteiger partial charge is 0.236 e. The number of anilines is 1. The fourth-order valence-electron chi connectivity index (χ4n) is 3.17. The number of rotatable bonds is 7. The van der Waals surface area contributed by atoms with E-state index in [0.717, 1.165) is 43.3 Å². The highest BCUT2D eigenvalue weighted by atomic mass is 16.3. The second kappa shape index (κ2) is 8.11. The van der Waals surface area contributed by atoms with E-state index >= 15 is 0 Å². The van der Waals surface area contributed by atoms with Crippen LogP contribution in [0.3, 0.4) is 0 Å². The summed E-state index contributed by atoms with van der Waals surface area (Å²) >= 11 is 0. The predicted molar refractivity (Wildman–Crippen MR) is 95.2 cm³/mol. The van der Waals surface area contributed by atoms with Gasteiger partial charge in [-0.3, -0.25) is 4.79 Å². The third-order valence-electron chi connectivity index (χ3n) is 4.50. The van der Waals surface area contributed by atoms with Crippen molar-refractivity contribution in [2.45, 2.75) is 32.4 Å². The monoisotopic (exact) mass is 343 g/mol. The van der Waals surface area contributed by atoms with Gasteiger partial charge in [-0.1, -0.05) is 0 Å². The highest BCUT2D eigenvalue weighted by molar-refractivity contribution is 5.77. The highest BCUT2D eigenvalue weighted by Gasteiger charge is 2.25. The number of furan rings is 1. The second-order valence-electron chi connectivity index (χ2n) is 6.46. The van der Waals surface area contributed by atoms with Crippen molar-refractivity contribution in [3.63, 3.8) is 0 Å². The Balaban J connectivity index is 1.44. The van der Waals surface area contributed by atoms with Gasteiger partial charge in [0, 0.05) is 32.4 Å². The Morgan fingerprint density at radius 2 is 2.32 bits per heavy atom. The standard InChI is InChI=1S/C18H25N5O2/c1-14-7-8-16(25-14)13-22(2)18(24)12-19-11-15-5-4-10-23(15)17-6-3-9-20-21-17/h3,6-9,15,19H,4-5,10-13H2,1-2H3. The van der Waals surface area contributed by atoms with Crippen LogP contribution in [0.1, 0.15) is 24.4 Å². The molecule has 134 valence electrons. The molecule has 0 aromatic carbocycles. The van der Waals surface area contributed by atoms with Gasteiger partial charge in [-0.15, -0.1) is 5.10 Å². The summed E-state index contributed by atoms with van der Waals surface area (Å²) in [4.78, 5) is 16.2. The zero-order valence-corrected chi connectivity index (χ0v) is 14.8. The average molecular weight is 343 g/mol. The molecule has 0 bridgehead atoms. The van der Waals surface area contributed by atoms with E-state index in [1.807, 2.05) is 31.2 Å². The molecule has 0 aliphatic carbocycles. The van der Waals surface area contributed by atoms with Gasteiger partial charge in [0.2, 0.25) is 5.91 Å². The zero-order chi connectivity index (χ0) is 17.6. The Bertz CT molecular complexity index is 688. The molecule has 2 aromatic rings. The Kier molecular flexibility index (Phi) is 5.65. The lowest BCUT2D eigenvalue weighted by Gasteiger charge is -2.25. The van der Waals surface area contributed by atoms with Crippen LogP contribution in [-0.4, -0.2) is 53.7 Å². The van der Waals surface area contributed by atoms with Crippen molar-refractivity contribution in [3.8, 4) is 0 Å². The molecule has 7 nitrogen and oxygen atoms in total. The molecule has 1 N–H and O–H groups in total. The first-order chi connectivity index (χ1) is 12.1. The topological polar surface area (TPSA) is 74.5 Å². The fourth-order valence-corrected chi connectivity index (χ4v) is 3.17. The van der Waals surface area contributed by atoms with Crippen LogP contribution in [-0.2, 0) is 11.3 Å². The molecule has 1 amide bonds. The molecule has 7 heteroatoms. The number of likely N-dealkylation sites (N-methyl/N-ethyl adjacent to an activating group) is 1. The van der Waals surface area contributed by atoms with Crippen LogP contribution in [0.2, 0.25) is 0 Å². The summed E-state index contributed by atoms with van der Waals surface area (Å²) in [5, 5.41) is 11.4. The number of aryl methyl sites for hydroxylation is 1. The molecule has 0 spiro atoms. The maximum atomic E-state index is 12.3. The minimum Gasteiger partial charge on any atom is -0.464 e. The molecule has 1 saturated heterocycles. The van der Waals surface area contributed by atoms with Crippen LogP contribution in [0.25, 0.3) is 0 Å². The maximum Gasteiger partial charge on any atom is 0.236 e. The zero-order valence-electron chi connectivity index (χ0n) is 14.8. The van der Waals surface area contributed by atoms with Crippen molar-refractivity contribution in [2.24, 2.45) is 0 Å². The van der Waals surface area contributed by atoms with Crippen molar-refractivity contribution < 1.29 is 9.21 Å². The van der Waals surface area contributed by atoms with Gasteiger partial charge >= 0.3 is 0 Å². The van der Waals surface area contributed by atoms with Gasteiger partial charge in [0.25, 0.3) is 0 Å². The van der Waals surface area contributed by atoms with E-state index in [1.165, 1.54) is 0 Å². The number of amides is 1. The summed E-state index contributed by atoms with van der Waals surface area (Å²) in [6.07, 6.45) is 3.91. The average Bonchev–Trinajstić information content (AvgIpc) is 3.24. The van der Waals surface area contributed by atoms with Crippen molar-refractivity contribution in [2.75, 3.05) is 31.6 Å². The summed E-state index contributed by atoms with van der Waals surface area (Å²) in [6, 6.07) is 8.05. The molecule has 1 aliphatic heterocycles. The maximum absolute atomic E-state index is 12.3. The van der Waals surface area contributed by atoms with Crippen LogP contribution < -0.4 is 10.2 Å². The number of carbonyl (C=O) groups is 1. The third kappa shape index (κ3) is 4.57. The van der Waals surface area contributed by atoms with Crippen LogP contribution in [0.5, 0.6) is 0 Å². The summed E-state index contributed by atoms with van der Waals surface area (Å²) in [5.74, 6) is 2.62. The van der Waals surface area contributed by atoms with E-state index < -0.39 is 0 Å². The lowest BCUT2D eigenvalue weighted by atomic mass is 10.2. The molecule has 0 radical (unpaired) electrons. The summed E-state index contributed by atoms with van der Waals surface area (Å²) in [7, 11) is 1.79. The van der Waals surface area contributed by atoms with E-state index in [-0.39, 0.29) is 5.91 Å². The molecule has 3 heterocycles. The van der Waals surface area contributed by atoms with Crippen molar-refractivity contribution >= 4 is 11.7 Å². The van der Waals surface area contributed by atoms with Crippen LogP contribution >= 0.6 is 0 Å². The molecule has 1 atom stereocenters. The second-order valence-corrected chi connectivity index (χ2v) is 6.46. The highest BCUT2D eigenvalue weighted by Crippen LogP contribution is 2.22. The van der Waals surface area contributed by atoms with E-state index in [0.29, 0.717) is 19.1 Å². The first-order valence-electron chi connectivity index (χ1n) is 8.68. The van der Waals surface area contributed by atoms with Crippen molar-refractivity contribution in [3.05, 3.63) is 42.0 Å². The fraction of sp³-hybridized carbons (Fsp3) is 0.500. The van der Waals surface area contributed by atoms with Gasteiger partial charge in [-0.05, 0) is 44.0 Å². The molecule has 2 aromatic heterocycles. The summed E-state index contributed by atoms with van der Waals surface area (Å²) in [5.41, 5.74) is 0. The van der Waals surface area contributed by atoms with Gasteiger partial charge in [0.05, 0.1) is 13.1 Å². The molecular formula is C18H25N5O2. The van der Waals surface area contributed by atoms with Gasteiger partial charge < -0.3 is 19.5 Å². The molecule has 0 saturated carbocycles. The van der Waals surface area contributed by atoms with E-state index in [1.54, 1.807) is 18.1 Å². The summed E-state index contributed by atoms with van der Waals surface area (Å²) < 4.78 is 5.52.